The van der Waals surface area contributed by atoms with Crippen LogP contribution in [-0.4, -0.2) is 28.5 Å². The van der Waals surface area contributed by atoms with Crippen molar-refractivity contribution in [2.24, 2.45) is 0 Å². The van der Waals surface area contributed by atoms with E-state index in [2.05, 4.69) is 16.0 Å². The fourth-order valence-electron chi connectivity index (χ4n) is 3.69. The number of rotatable bonds is 4. The number of benzene rings is 1. The lowest BCUT2D eigenvalue weighted by atomic mass is 9.99. The summed E-state index contributed by atoms with van der Waals surface area (Å²) in [5, 5.41) is 9.31. The first-order chi connectivity index (χ1) is 15.1. The number of hydrogen-bond acceptors (Lipinski definition) is 6. The lowest BCUT2D eigenvalue weighted by Gasteiger charge is -2.07. The molecule has 0 N–H and O–H groups in total. The van der Waals surface area contributed by atoms with Crippen LogP contribution in [0.5, 0.6) is 0 Å². The molecular formula is C21H15F3N4O3S. The number of imidazole rings is 1. The van der Waals surface area contributed by atoms with Crippen molar-refractivity contribution in [2.75, 3.05) is 5.75 Å². The van der Waals surface area contributed by atoms with Gasteiger partial charge in [-0.2, -0.15) is 18.4 Å². The zero-order chi connectivity index (χ0) is 22.9. The van der Waals surface area contributed by atoms with Crippen LogP contribution in [0.4, 0.5) is 13.2 Å². The Morgan fingerprint density at radius 3 is 2.59 bits per heavy atom. The van der Waals surface area contributed by atoms with Crippen LogP contribution in [-0.2, 0) is 21.4 Å². The quantitative estimate of drug-likeness (QED) is 0.444. The highest BCUT2D eigenvalue weighted by Crippen LogP contribution is 2.48. The molecule has 0 radical (unpaired) electrons. The van der Waals surface area contributed by atoms with Gasteiger partial charge in [-0.15, -0.1) is 0 Å². The van der Waals surface area contributed by atoms with Gasteiger partial charge in [0.05, 0.1) is 22.8 Å². The highest BCUT2D eigenvalue weighted by Gasteiger charge is 2.45. The third-order valence-electron chi connectivity index (χ3n) is 5.69. The van der Waals surface area contributed by atoms with E-state index in [9.17, 15) is 26.9 Å². The predicted octanol–water partition coefficient (Wildman–Crippen LogP) is 4.51. The third kappa shape index (κ3) is 3.05. The molecule has 1 saturated carbocycles. The van der Waals surface area contributed by atoms with E-state index in [1.807, 2.05) is 0 Å². The Kier molecular flexibility index (Phi) is 4.20. The van der Waals surface area contributed by atoms with Crippen molar-refractivity contribution in [3.8, 4) is 17.7 Å². The molecule has 3 aromatic heterocycles. The Bertz CT molecular complexity index is 1540. The summed E-state index contributed by atoms with van der Waals surface area (Å²) in [6, 6.07) is 8.47. The van der Waals surface area contributed by atoms with Crippen molar-refractivity contribution in [3.05, 3.63) is 47.7 Å². The van der Waals surface area contributed by atoms with Crippen LogP contribution in [0.3, 0.4) is 0 Å². The van der Waals surface area contributed by atoms with E-state index >= 15 is 0 Å². The maximum Gasteiger partial charge on any atom is 0.416 e. The third-order valence-corrected chi connectivity index (χ3v) is 7.43. The molecule has 1 fully saturated rings. The molecule has 0 saturated heterocycles. The summed E-state index contributed by atoms with van der Waals surface area (Å²) < 4.78 is 71.9. The van der Waals surface area contributed by atoms with Crippen LogP contribution < -0.4 is 0 Å². The number of sulfone groups is 1. The van der Waals surface area contributed by atoms with Gasteiger partial charge in [0, 0.05) is 6.20 Å². The van der Waals surface area contributed by atoms with Crippen LogP contribution in [0.2, 0.25) is 0 Å². The van der Waals surface area contributed by atoms with Crippen molar-refractivity contribution in [3.63, 3.8) is 0 Å². The fourth-order valence-corrected chi connectivity index (χ4v) is 4.84. The molecule has 0 atom stereocenters. The smallest absolute Gasteiger partial charge is 0.416 e. The van der Waals surface area contributed by atoms with Gasteiger partial charge in [0.25, 0.3) is 0 Å². The second-order valence-electron chi connectivity index (χ2n) is 7.71. The van der Waals surface area contributed by atoms with Gasteiger partial charge in [-0.25, -0.2) is 18.4 Å². The number of fused-ring (bicyclic) bond motifs is 2. The average molecular weight is 460 g/mol. The molecule has 1 aromatic carbocycles. The van der Waals surface area contributed by atoms with Crippen LogP contribution in [0, 0.1) is 11.3 Å². The molecule has 0 aliphatic heterocycles. The lowest BCUT2D eigenvalue weighted by molar-refractivity contribution is -0.137. The van der Waals surface area contributed by atoms with E-state index in [4.69, 9.17) is 4.42 Å². The Labute approximate surface area is 180 Å². The number of pyridine rings is 1. The molecule has 3 heterocycles. The van der Waals surface area contributed by atoms with E-state index in [-0.39, 0.29) is 39.1 Å². The number of aromatic nitrogens is 3. The molecular weight excluding hydrogens is 445 g/mol. The molecule has 164 valence electrons. The topological polar surface area (TPSA) is 101 Å². The lowest BCUT2D eigenvalue weighted by Crippen LogP contribution is -2.09. The van der Waals surface area contributed by atoms with Gasteiger partial charge in [-0.05, 0) is 48.7 Å². The molecule has 0 bridgehead atoms. The highest BCUT2D eigenvalue weighted by molar-refractivity contribution is 7.91. The second kappa shape index (κ2) is 6.56. The summed E-state index contributed by atoms with van der Waals surface area (Å²) in [4.78, 5) is 8.50. The number of alkyl halides is 3. The number of hydrogen-bond donors (Lipinski definition) is 0. The first kappa shape index (κ1) is 20.5. The average Bonchev–Trinajstić information content (AvgIpc) is 3.27. The van der Waals surface area contributed by atoms with Gasteiger partial charge >= 0.3 is 6.18 Å². The Morgan fingerprint density at radius 1 is 1.22 bits per heavy atom. The maximum atomic E-state index is 13.0. The van der Waals surface area contributed by atoms with Crippen molar-refractivity contribution >= 4 is 26.6 Å². The van der Waals surface area contributed by atoms with Gasteiger partial charge in [0.1, 0.15) is 11.2 Å². The molecule has 1 aliphatic rings. The molecule has 0 amide bonds. The molecule has 1 aliphatic carbocycles. The standard InChI is InChI=1S/C21H15F3N4O3S/c1-2-32(29,30)19-17(18-26-14-9-13(21(22,23)24)3-4-15(14)31-18)27-16-10-12(5-8-28(16)19)20(11-25)6-7-20/h3-5,8-10H,2,6-7H2,1H3. The summed E-state index contributed by atoms with van der Waals surface area (Å²) in [7, 11) is -3.81. The molecule has 7 nitrogen and oxygen atoms in total. The maximum absolute atomic E-state index is 13.0. The van der Waals surface area contributed by atoms with E-state index < -0.39 is 27.0 Å². The summed E-state index contributed by atoms with van der Waals surface area (Å²) in [6.07, 6.45) is -1.60. The molecule has 0 unspecified atom stereocenters. The van der Waals surface area contributed by atoms with Crippen molar-refractivity contribution in [1.29, 1.82) is 5.26 Å². The second-order valence-corrected chi connectivity index (χ2v) is 9.90. The Hall–Kier alpha value is -3.39. The van der Waals surface area contributed by atoms with E-state index in [1.165, 1.54) is 17.5 Å². The van der Waals surface area contributed by atoms with E-state index in [0.717, 1.165) is 23.8 Å². The molecule has 11 heteroatoms. The summed E-state index contributed by atoms with van der Waals surface area (Å²) in [5.41, 5.74) is -0.543. The molecule has 32 heavy (non-hydrogen) atoms. The molecule has 5 rings (SSSR count). The molecule has 0 spiro atoms. The SMILES string of the molecule is CCS(=O)(=O)c1c(-c2nc3cc(C(F)(F)F)ccc3o2)nc2cc(C3(C#N)CC3)ccn12. The van der Waals surface area contributed by atoms with Gasteiger partial charge in [-0.1, -0.05) is 6.92 Å². The van der Waals surface area contributed by atoms with Crippen molar-refractivity contribution in [1.82, 2.24) is 14.4 Å². The highest BCUT2D eigenvalue weighted by atomic mass is 32.2. The van der Waals surface area contributed by atoms with Crippen LogP contribution >= 0.6 is 0 Å². The van der Waals surface area contributed by atoms with E-state index in [0.29, 0.717) is 12.8 Å². The van der Waals surface area contributed by atoms with Crippen molar-refractivity contribution in [2.45, 2.75) is 36.4 Å². The zero-order valence-corrected chi connectivity index (χ0v) is 17.5. The normalized spacial score (nSPS) is 15.8. The first-order valence-electron chi connectivity index (χ1n) is 9.73. The number of nitrogens with zero attached hydrogens (tertiary/aromatic N) is 4. The monoisotopic (exact) mass is 460 g/mol. The van der Waals surface area contributed by atoms with Gasteiger partial charge in [0.15, 0.2) is 26.1 Å². The number of oxazole rings is 1. The first-order valence-corrected chi connectivity index (χ1v) is 11.4. The Morgan fingerprint density at radius 2 is 1.97 bits per heavy atom. The van der Waals surface area contributed by atoms with Crippen LogP contribution in [0.25, 0.3) is 28.3 Å². The van der Waals surface area contributed by atoms with Crippen LogP contribution in [0.1, 0.15) is 30.9 Å². The summed E-state index contributed by atoms with van der Waals surface area (Å²) in [6.45, 7) is 1.48. The minimum Gasteiger partial charge on any atom is -0.435 e. The number of halogens is 3. The molecule has 4 aromatic rings. The summed E-state index contributed by atoms with van der Waals surface area (Å²) in [5.74, 6) is -0.422. The van der Waals surface area contributed by atoms with Gasteiger partial charge in [0.2, 0.25) is 5.89 Å². The Balaban J connectivity index is 1.74. The van der Waals surface area contributed by atoms with Crippen molar-refractivity contribution < 1.29 is 26.0 Å². The minimum absolute atomic E-state index is 0.0613. The minimum atomic E-state index is -4.55. The van der Waals surface area contributed by atoms with Gasteiger partial charge in [-0.3, -0.25) is 4.40 Å². The number of nitriles is 1. The fraction of sp³-hybridized carbons (Fsp3) is 0.286. The predicted molar refractivity (Wildman–Crippen MR) is 107 cm³/mol. The largest absolute Gasteiger partial charge is 0.435 e. The summed E-state index contributed by atoms with van der Waals surface area (Å²) >= 11 is 0. The zero-order valence-electron chi connectivity index (χ0n) is 16.6. The van der Waals surface area contributed by atoms with E-state index in [1.54, 1.807) is 12.1 Å². The van der Waals surface area contributed by atoms with Gasteiger partial charge < -0.3 is 4.42 Å². The van der Waals surface area contributed by atoms with Crippen LogP contribution in [0.15, 0.2) is 46.0 Å².